The zero-order valence-electron chi connectivity index (χ0n) is 11.3. The van der Waals surface area contributed by atoms with Gasteiger partial charge in [0.1, 0.15) is 0 Å². The molecule has 0 aromatic heterocycles. The molecule has 1 fully saturated rings. The van der Waals surface area contributed by atoms with Crippen LogP contribution in [0.25, 0.3) is 0 Å². The number of likely N-dealkylation sites (tertiary alicyclic amines) is 1. The lowest BCUT2D eigenvalue weighted by Crippen LogP contribution is -2.30. The van der Waals surface area contributed by atoms with E-state index < -0.39 is 0 Å². The van der Waals surface area contributed by atoms with Crippen LogP contribution in [0.3, 0.4) is 0 Å². The Hall–Kier alpha value is -1.35. The molecule has 2 atom stereocenters. The summed E-state index contributed by atoms with van der Waals surface area (Å²) in [6.45, 7) is 7.29. The van der Waals surface area contributed by atoms with Crippen LogP contribution < -0.4 is 0 Å². The topological polar surface area (TPSA) is 40.5 Å². The van der Waals surface area contributed by atoms with E-state index in [4.69, 9.17) is 0 Å². The zero-order valence-corrected chi connectivity index (χ0v) is 11.3. The van der Waals surface area contributed by atoms with Crippen molar-refractivity contribution in [2.75, 3.05) is 13.1 Å². The van der Waals surface area contributed by atoms with E-state index in [2.05, 4.69) is 0 Å². The third kappa shape index (κ3) is 2.56. The molecule has 1 aliphatic rings. The van der Waals surface area contributed by atoms with Gasteiger partial charge in [0.05, 0.1) is 6.10 Å². The molecular formula is C15H21NO2. The van der Waals surface area contributed by atoms with Crippen molar-refractivity contribution < 1.29 is 9.90 Å². The molecule has 98 valence electrons. The summed E-state index contributed by atoms with van der Waals surface area (Å²) in [5.41, 5.74) is 3.10. The summed E-state index contributed by atoms with van der Waals surface area (Å²) in [5.74, 6) is 0.307. The predicted molar refractivity (Wildman–Crippen MR) is 71.6 cm³/mol. The SMILES string of the molecule is Cc1ccc(C(=O)N2CCC(C(C)O)C2)cc1C. The first-order valence-corrected chi connectivity index (χ1v) is 6.53. The molecular weight excluding hydrogens is 226 g/mol. The van der Waals surface area contributed by atoms with E-state index in [1.54, 1.807) is 6.92 Å². The first-order chi connectivity index (χ1) is 8.49. The van der Waals surface area contributed by atoms with Crippen molar-refractivity contribution in [1.82, 2.24) is 4.90 Å². The second-order valence-corrected chi connectivity index (χ2v) is 5.34. The third-order valence-corrected chi connectivity index (χ3v) is 3.95. The van der Waals surface area contributed by atoms with Crippen LogP contribution in [-0.4, -0.2) is 35.1 Å². The molecule has 18 heavy (non-hydrogen) atoms. The normalized spacial score (nSPS) is 21.1. The van der Waals surface area contributed by atoms with Crippen molar-refractivity contribution in [3.63, 3.8) is 0 Å². The van der Waals surface area contributed by atoms with Gasteiger partial charge in [0.2, 0.25) is 0 Å². The van der Waals surface area contributed by atoms with Gasteiger partial charge in [0.25, 0.3) is 5.91 Å². The van der Waals surface area contributed by atoms with Gasteiger partial charge in [-0.1, -0.05) is 6.07 Å². The van der Waals surface area contributed by atoms with Crippen LogP contribution in [0.4, 0.5) is 0 Å². The number of hydrogen-bond donors (Lipinski definition) is 1. The Balaban J connectivity index is 2.10. The standard InChI is InChI=1S/C15H21NO2/c1-10-4-5-13(8-11(10)2)15(18)16-7-6-14(9-16)12(3)17/h4-5,8,12,14,17H,6-7,9H2,1-3H3. The number of hydrogen-bond acceptors (Lipinski definition) is 2. The molecule has 1 aliphatic heterocycles. The monoisotopic (exact) mass is 247 g/mol. The smallest absolute Gasteiger partial charge is 0.253 e. The molecule has 2 rings (SSSR count). The van der Waals surface area contributed by atoms with Gasteiger partial charge in [-0.05, 0) is 50.5 Å². The number of nitrogens with zero attached hydrogens (tertiary/aromatic N) is 1. The Kier molecular flexibility index (Phi) is 3.71. The fourth-order valence-corrected chi connectivity index (χ4v) is 2.42. The van der Waals surface area contributed by atoms with Crippen LogP contribution in [0.5, 0.6) is 0 Å². The zero-order chi connectivity index (χ0) is 13.3. The Labute approximate surface area is 108 Å². The Morgan fingerprint density at radius 3 is 2.67 bits per heavy atom. The van der Waals surface area contributed by atoms with Gasteiger partial charge >= 0.3 is 0 Å². The second-order valence-electron chi connectivity index (χ2n) is 5.34. The summed E-state index contributed by atoms with van der Waals surface area (Å²) in [5, 5.41) is 9.56. The molecule has 0 bridgehead atoms. The van der Waals surface area contributed by atoms with Gasteiger partial charge in [-0.2, -0.15) is 0 Å². The molecule has 3 heteroatoms. The van der Waals surface area contributed by atoms with E-state index in [0.29, 0.717) is 6.54 Å². The minimum Gasteiger partial charge on any atom is -0.393 e. The highest BCUT2D eigenvalue weighted by atomic mass is 16.3. The van der Waals surface area contributed by atoms with Crippen molar-refractivity contribution in [2.24, 2.45) is 5.92 Å². The number of amides is 1. The fraction of sp³-hybridized carbons (Fsp3) is 0.533. The molecule has 1 N–H and O–H groups in total. The number of aliphatic hydroxyl groups excluding tert-OH is 1. The highest BCUT2D eigenvalue weighted by molar-refractivity contribution is 5.94. The Morgan fingerprint density at radius 2 is 2.11 bits per heavy atom. The van der Waals surface area contributed by atoms with E-state index in [-0.39, 0.29) is 17.9 Å². The van der Waals surface area contributed by atoms with Crippen molar-refractivity contribution in [2.45, 2.75) is 33.3 Å². The maximum Gasteiger partial charge on any atom is 0.253 e. The predicted octanol–water partition coefficient (Wildman–Crippen LogP) is 2.15. The molecule has 0 spiro atoms. The molecule has 1 amide bonds. The van der Waals surface area contributed by atoms with Crippen LogP contribution in [0.1, 0.15) is 34.8 Å². The summed E-state index contributed by atoms with van der Waals surface area (Å²) >= 11 is 0. The number of aliphatic hydroxyl groups is 1. The first kappa shape index (κ1) is 13.1. The number of rotatable bonds is 2. The number of carbonyl (C=O) groups excluding carboxylic acids is 1. The van der Waals surface area contributed by atoms with Gasteiger partial charge in [0, 0.05) is 24.6 Å². The van der Waals surface area contributed by atoms with Crippen LogP contribution >= 0.6 is 0 Å². The Bertz CT molecular complexity index is 454. The quantitative estimate of drug-likeness (QED) is 0.870. The highest BCUT2D eigenvalue weighted by Gasteiger charge is 2.29. The van der Waals surface area contributed by atoms with Gasteiger partial charge in [-0.15, -0.1) is 0 Å². The van der Waals surface area contributed by atoms with E-state index in [1.807, 2.05) is 36.9 Å². The van der Waals surface area contributed by atoms with Crippen molar-refractivity contribution >= 4 is 5.91 Å². The first-order valence-electron chi connectivity index (χ1n) is 6.53. The third-order valence-electron chi connectivity index (χ3n) is 3.95. The van der Waals surface area contributed by atoms with Gasteiger partial charge in [-0.3, -0.25) is 4.79 Å². The molecule has 0 saturated carbocycles. The second kappa shape index (κ2) is 5.11. The molecule has 2 unspecified atom stereocenters. The lowest BCUT2D eigenvalue weighted by molar-refractivity contribution is 0.0762. The molecule has 3 nitrogen and oxygen atoms in total. The average Bonchev–Trinajstić information content (AvgIpc) is 2.81. The van der Waals surface area contributed by atoms with Gasteiger partial charge < -0.3 is 10.0 Å². The minimum absolute atomic E-state index is 0.0845. The largest absolute Gasteiger partial charge is 0.393 e. The number of aryl methyl sites for hydroxylation is 2. The summed E-state index contributed by atoms with van der Waals surface area (Å²) < 4.78 is 0. The highest BCUT2D eigenvalue weighted by Crippen LogP contribution is 2.22. The number of benzene rings is 1. The minimum atomic E-state index is -0.331. The van der Waals surface area contributed by atoms with Gasteiger partial charge in [-0.25, -0.2) is 0 Å². The van der Waals surface area contributed by atoms with Crippen LogP contribution in [0.15, 0.2) is 18.2 Å². The maximum atomic E-state index is 12.3. The molecule has 1 aromatic rings. The average molecular weight is 247 g/mol. The molecule has 1 saturated heterocycles. The molecule has 0 radical (unpaired) electrons. The van der Waals surface area contributed by atoms with E-state index >= 15 is 0 Å². The maximum absolute atomic E-state index is 12.3. The summed E-state index contributed by atoms with van der Waals surface area (Å²) in [6, 6.07) is 5.83. The lowest BCUT2D eigenvalue weighted by atomic mass is 10.0. The van der Waals surface area contributed by atoms with Gasteiger partial charge in [0.15, 0.2) is 0 Å². The van der Waals surface area contributed by atoms with Crippen molar-refractivity contribution in [3.05, 3.63) is 34.9 Å². The van der Waals surface area contributed by atoms with E-state index in [9.17, 15) is 9.90 Å². The van der Waals surface area contributed by atoms with E-state index in [1.165, 1.54) is 5.56 Å². The summed E-state index contributed by atoms with van der Waals surface area (Å²) in [6.07, 6.45) is 0.566. The summed E-state index contributed by atoms with van der Waals surface area (Å²) in [4.78, 5) is 14.2. The van der Waals surface area contributed by atoms with Crippen molar-refractivity contribution in [1.29, 1.82) is 0 Å². The van der Waals surface area contributed by atoms with Crippen LogP contribution in [0, 0.1) is 19.8 Å². The summed E-state index contributed by atoms with van der Waals surface area (Å²) in [7, 11) is 0. The van der Waals surface area contributed by atoms with Crippen LogP contribution in [-0.2, 0) is 0 Å². The van der Waals surface area contributed by atoms with Crippen molar-refractivity contribution in [3.8, 4) is 0 Å². The number of carbonyl (C=O) groups is 1. The molecule has 1 heterocycles. The molecule has 1 aromatic carbocycles. The fourth-order valence-electron chi connectivity index (χ4n) is 2.42. The Morgan fingerprint density at radius 1 is 1.39 bits per heavy atom. The molecule has 0 aliphatic carbocycles. The van der Waals surface area contributed by atoms with Crippen LogP contribution in [0.2, 0.25) is 0 Å². The van der Waals surface area contributed by atoms with E-state index in [0.717, 1.165) is 24.1 Å². The lowest BCUT2D eigenvalue weighted by Gasteiger charge is -2.18.